The molecule has 0 saturated carbocycles. The highest BCUT2D eigenvalue weighted by atomic mass is 34.1. The third-order valence-electron chi connectivity index (χ3n) is 1.96. The van der Waals surface area contributed by atoms with Crippen LogP contribution in [0.2, 0.25) is 0 Å². The Bertz CT molecular complexity index is 944. The van der Waals surface area contributed by atoms with E-state index in [1.165, 1.54) is 19.7 Å². The molecule has 0 fully saturated rings. The Morgan fingerprint density at radius 3 is 0.485 bits per heavy atom. The van der Waals surface area contributed by atoms with Crippen LogP contribution < -0.4 is 0 Å². The van der Waals surface area contributed by atoms with Gasteiger partial charge in [-0.25, -0.2) is 0 Å². The molecule has 1 nitrogen and oxygen atoms in total. The molecule has 0 aromatic rings. The van der Waals surface area contributed by atoms with Crippen LogP contribution in [-0.4, -0.2) is 6.61 Å². The average Bonchev–Trinajstić information content (AvgIpc) is 3.31. The molecule has 0 unspecified atom stereocenters. The van der Waals surface area contributed by atoms with E-state index >= 15 is 0 Å². The van der Waals surface area contributed by atoms with Crippen molar-refractivity contribution in [3.05, 3.63) is 0 Å². The standard InChI is InChI=1S/C2H6OS63/c1-2-3-66(5,6)65-64-63-62-61-60-59-58-57-56-55-54-53-52-51-50-49-48-47-46-45-44-43-42-41-40-39-38-37-36-35-34-33-32-31-30-29-28-27-26-25-24-23-22-21-20-19-18-17-16-15-14-13-12-11-10-9-8-7-4/h4H,2H2,1H3. The SMILES string of the molecule is CCOS(=S)(=S)SSSSSSSSSSSSSSSSSSSSSSSSSSSSSSSSSSSSSSSSSSSSSSSSSSSSSSSSSSSS. The topological polar surface area (TPSA) is 9.23 Å². The van der Waals surface area contributed by atoms with Crippen LogP contribution in [0.15, 0.2) is 0 Å². The van der Waals surface area contributed by atoms with Crippen LogP contribution in [0, 0.1) is 0 Å². The van der Waals surface area contributed by atoms with Gasteiger partial charge in [0.15, 0.2) is 0 Å². The Labute approximate surface area is 620 Å². The summed E-state index contributed by atoms with van der Waals surface area (Å²) < 4.78 is 5.41. The van der Waals surface area contributed by atoms with Crippen molar-refractivity contribution in [3.8, 4) is 0 Å². The van der Waals surface area contributed by atoms with Gasteiger partial charge in [-0.2, -0.15) is 0 Å². The van der Waals surface area contributed by atoms with Gasteiger partial charge in [0, 0.05) is 501 Å². The van der Waals surface area contributed by atoms with Gasteiger partial charge in [-0.3, -0.25) is 0 Å². The minimum Gasteiger partial charge on any atom is -0.302 e. The first-order valence-corrected chi connectivity index (χ1v) is 94.6. The van der Waals surface area contributed by atoms with Crippen molar-refractivity contribution in [2.45, 2.75) is 6.92 Å². The van der Waals surface area contributed by atoms with E-state index in [9.17, 15) is 0 Å². The van der Waals surface area contributed by atoms with Gasteiger partial charge in [0.05, 0.1) is 13.1 Å². The summed E-state index contributed by atoms with van der Waals surface area (Å²) in [6, 6.07) is 0. The molecule has 0 aromatic carbocycles. The third-order valence-corrected chi connectivity index (χ3v) is 138. The summed E-state index contributed by atoms with van der Waals surface area (Å²) in [4.78, 5) is 0. The minimum atomic E-state index is -1.81. The fourth-order valence-corrected chi connectivity index (χ4v) is 166. The zero-order valence-electron chi connectivity index (χ0n) is 27.9. The summed E-state index contributed by atoms with van der Waals surface area (Å²) in [6.07, 6.45) is 0. The van der Waals surface area contributed by atoms with Gasteiger partial charge in [0.1, 0.15) is 0 Å². The first kappa shape index (κ1) is 87.8. The van der Waals surface area contributed by atoms with Gasteiger partial charge in [-0.1, -0.05) is 11.7 Å². The van der Waals surface area contributed by atoms with Crippen molar-refractivity contribution in [2.75, 3.05) is 6.61 Å². The Morgan fingerprint density at radius 1 is 0.242 bits per heavy atom. The summed E-state index contributed by atoms with van der Waals surface area (Å²) in [7, 11) is 106. The maximum Gasteiger partial charge on any atom is 0.0820 e. The van der Waals surface area contributed by atoms with Crippen molar-refractivity contribution in [1.82, 2.24) is 0 Å². The molecule has 64 heteroatoms. The smallest absolute Gasteiger partial charge is 0.0820 e. The molecule has 0 aliphatic rings. The second-order valence-corrected chi connectivity index (χ2v) is 117. The van der Waals surface area contributed by atoms with Gasteiger partial charge < -0.3 is 4.18 Å². The summed E-state index contributed by atoms with van der Waals surface area (Å²) in [5.41, 5.74) is 0. The maximum atomic E-state index is 5.41. The molecule has 0 rings (SSSR count). The normalized spacial score (nSPS) is 12.0. The fraction of sp³-hybridized carbons (Fsp3) is 1.00. The molecule has 0 heterocycles. The molecule has 0 aliphatic heterocycles. The molecular formula is C2H6OS63. The van der Waals surface area contributed by atoms with E-state index in [2.05, 4.69) is 11.7 Å². The van der Waals surface area contributed by atoms with Crippen LogP contribution in [0.25, 0.3) is 0 Å². The largest absolute Gasteiger partial charge is 0.302 e. The first-order valence-electron chi connectivity index (χ1n) is 11.5. The lowest BCUT2D eigenvalue weighted by molar-refractivity contribution is 0.402. The van der Waals surface area contributed by atoms with Crippen LogP contribution >= 0.6 is 591 Å². The van der Waals surface area contributed by atoms with Crippen molar-refractivity contribution in [2.24, 2.45) is 0 Å². The Kier molecular flexibility index (Phi) is 108. The van der Waals surface area contributed by atoms with Crippen LogP contribution in [0.4, 0.5) is 0 Å². The predicted octanol–water partition coefficient (Wildman–Crippen LogP) is 39.1. The molecule has 0 amide bonds. The molecule has 66 heavy (non-hydrogen) atoms. The van der Waals surface area contributed by atoms with Crippen LogP contribution in [0.3, 0.4) is 0 Å². The van der Waals surface area contributed by atoms with E-state index in [0.717, 1.165) is 0 Å². The predicted molar refractivity (Wildman–Crippen MR) is 491 cm³/mol. The van der Waals surface area contributed by atoms with E-state index in [0.29, 0.717) is 6.61 Å². The second kappa shape index (κ2) is 81.0. The average molecular weight is 2070 g/mol. The summed E-state index contributed by atoms with van der Waals surface area (Å²) in [5, 5.41) is 0. The van der Waals surface area contributed by atoms with Gasteiger partial charge in [-0.05, 0) is 108 Å². The summed E-state index contributed by atoms with van der Waals surface area (Å²) in [5.74, 6) is 0. The van der Waals surface area contributed by atoms with Crippen molar-refractivity contribution >= 4 is 620 Å². The minimum absolute atomic E-state index is 0.579. The Hall–Kier alpha value is 21.8. The lowest BCUT2D eigenvalue weighted by atomic mass is 10.9. The van der Waals surface area contributed by atoms with Crippen LogP contribution in [0.5, 0.6) is 0 Å². The van der Waals surface area contributed by atoms with Gasteiger partial charge in [0.25, 0.3) is 0 Å². The quantitative estimate of drug-likeness (QED) is 0.0352. The molecule has 0 spiro atoms. The molecule has 0 aromatic heterocycles. The Morgan fingerprint density at radius 2 is 0.364 bits per heavy atom. The molecule has 0 radical (unpaired) electrons. The number of hydrogen-bond donors (Lipinski definition) is 1. The highest BCUT2D eigenvalue weighted by Crippen LogP contribution is 2.70. The zero-order chi connectivity index (χ0) is 47.6. The molecule has 398 valence electrons. The zero-order valence-corrected chi connectivity index (χ0v) is 79.4. The number of rotatable bonds is 61. The lowest BCUT2D eigenvalue weighted by Gasteiger charge is -2.06. The van der Waals surface area contributed by atoms with E-state index in [-0.39, 0.29) is 0 Å². The van der Waals surface area contributed by atoms with E-state index in [4.69, 9.17) is 26.6 Å². The highest BCUT2D eigenvalue weighted by molar-refractivity contribution is 9.64. The van der Waals surface area contributed by atoms with Crippen molar-refractivity contribution in [1.29, 1.82) is 0 Å². The number of thiol groups is 1. The maximum absolute atomic E-state index is 5.41. The molecule has 0 atom stereocenters. The summed E-state index contributed by atoms with van der Waals surface area (Å²) in [6.45, 7) is 0.693. The van der Waals surface area contributed by atoms with Gasteiger partial charge >= 0.3 is 0 Å². The fourth-order valence-electron chi connectivity index (χ4n) is 0.845. The highest BCUT2D eigenvalue weighted by Gasteiger charge is 2.07. The van der Waals surface area contributed by atoms with Crippen molar-refractivity contribution < 1.29 is 4.18 Å². The molecule has 0 aliphatic carbocycles. The summed E-state index contributed by atoms with van der Waals surface area (Å²) >= 11 is 14.6. The van der Waals surface area contributed by atoms with Crippen molar-refractivity contribution in [3.63, 3.8) is 0 Å². The second-order valence-electron chi connectivity index (χ2n) is 4.84. The monoisotopic (exact) mass is 2060 g/mol. The van der Waals surface area contributed by atoms with E-state index in [1.807, 2.05) is 429 Å². The molecule has 0 bridgehead atoms. The molecule has 0 N–H and O–H groups in total. The van der Waals surface area contributed by atoms with Crippen LogP contribution in [-0.2, 0) is 33.0 Å². The molecule has 0 saturated heterocycles. The third kappa shape index (κ3) is 81.8. The van der Waals surface area contributed by atoms with Crippen LogP contribution in [0.1, 0.15) is 6.92 Å². The first-order chi connectivity index (χ1) is 32.6. The van der Waals surface area contributed by atoms with Gasteiger partial charge in [-0.15, -0.1) is 0 Å². The van der Waals surface area contributed by atoms with E-state index < -0.39 is 6.46 Å². The molecular weight excluding hydrogens is 2060 g/mol. The van der Waals surface area contributed by atoms with Gasteiger partial charge in [0.2, 0.25) is 0 Å². The number of hydrogen-bond acceptors (Lipinski definition) is 63. The Balaban J connectivity index is 3.09. The lowest BCUT2D eigenvalue weighted by Crippen LogP contribution is -1.93. The van der Waals surface area contributed by atoms with E-state index in [1.54, 1.807) is 138 Å².